The van der Waals surface area contributed by atoms with Crippen LogP contribution in [0.2, 0.25) is 0 Å². The zero-order valence-corrected chi connectivity index (χ0v) is 10.8. The van der Waals surface area contributed by atoms with Crippen molar-refractivity contribution < 1.29 is 4.74 Å². The van der Waals surface area contributed by atoms with Crippen molar-refractivity contribution in [3.8, 4) is 5.88 Å². The summed E-state index contributed by atoms with van der Waals surface area (Å²) in [6.07, 6.45) is 3.82. The lowest BCUT2D eigenvalue weighted by Gasteiger charge is -2.12. The van der Waals surface area contributed by atoms with Crippen molar-refractivity contribution in [3.63, 3.8) is 0 Å². The molecular weight excluding hydrogens is 230 g/mol. The lowest BCUT2D eigenvalue weighted by atomic mass is 10.1. The zero-order chi connectivity index (χ0) is 13.0. The van der Waals surface area contributed by atoms with E-state index in [9.17, 15) is 0 Å². The largest absolute Gasteiger partial charge is 0.480 e. The number of imidazole rings is 1. The molecular formula is C12H17N5O. The minimum absolute atomic E-state index is 0.0591. The van der Waals surface area contributed by atoms with Crippen LogP contribution in [0.1, 0.15) is 24.4 Å². The fraction of sp³-hybridized carbons (Fsp3) is 0.417. The van der Waals surface area contributed by atoms with Gasteiger partial charge in [-0.25, -0.2) is 4.98 Å². The quantitative estimate of drug-likeness (QED) is 0.854. The molecule has 0 aliphatic carbocycles. The summed E-state index contributed by atoms with van der Waals surface area (Å²) in [7, 11) is 3.45. The van der Waals surface area contributed by atoms with Crippen LogP contribution in [0.4, 0.5) is 0 Å². The Morgan fingerprint density at radius 1 is 1.33 bits per heavy atom. The number of nitrogens with one attached hydrogen (secondary N) is 1. The summed E-state index contributed by atoms with van der Waals surface area (Å²) in [5.74, 6) is 0.507. The molecule has 0 bridgehead atoms. The molecule has 0 aromatic carbocycles. The molecule has 6 heteroatoms. The first-order valence-corrected chi connectivity index (χ1v) is 5.85. The van der Waals surface area contributed by atoms with E-state index in [0.717, 1.165) is 17.9 Å². The average molecular weight is 247 g/mol. The van der Waals surface area contributed by atoms with Gasteiger partial charge in [0.2, 0.25) is 5.88 Å². The minimum Gasteiger partial charge on any atom is -0.480 e. The van der Waals surface area contributed by atoms with Gasteiger partial charge in [0.05, 0.1) is 30.9 Å². The Hall–Kier alpha value is -1.95. The maximum absolute atomic E-state index is 5.00. The van der Waals surface area contributed by atoms with Crippen molar-refractivity contribution in [1.29, 1.82) is 0 Å². The molecule has 6 nitrogen and oxygen atoms in total. The fourth-order valence-corrected chi connectivity index (χ4v) is 1.74. The number of methoxy groups -OCH3 is 1. The highest BCUT2D eigenvalue weighted by atomic mass is 16.5. The topological polar surface area (TPSA) is 64.9 Å². The predicted octanol–water partition coefficient (Wildman–Crippen LogP) is 1.01. The summed E-state index contributed by atoms with van der Waals surface area (Å²) >= 11 is 0. The third-order valence-electron chi connectivity index (χ3n) is 2.77. The second kappa shape index (κ2) is 5.59. The van der Waals surface area contributed by atoms with Crippen LogP contribution in [0.5, 0.6) is 5.88 Å². The molecule has 2 aromatic rings. The number of rotatable bonds is 5. The van der Waals surface area contributed by atoms with Gasteiger partial charge in [0, 0.05) is 18.8 Å². The van der Waals surface area contributed by atoms with Crippen LogP contribution < -0.4 is 10.1 Å². The van der Waals surface area contributed by atoms with Gasteiger partial charge in [0.25, 0.3) is 0 Å². The predicted molar refractivity (Wildman–Crippen MR) is 67.4 cm³/mol. The molecule has 0 saturated heterocycles. The number of aromatic nitrogens is 4. The van der Waals surface area contributed by atoms with Gasteiger partial charge in [0.15, 0.2) is 0 Å². The molecule has 0 saturated carbocycles. The number of nitrogens with zero attached hydrogens (tertiary/aromatic N) is 4. The molecule has 0 aliphatic heterocycles. The number of hydrogen-bond donors (Lipinski definition) is 1. The van der Waals surface area contributed by atoms with Crippen molar-refractivity contribution in [3.05, 3.63) is 36.0 Å². The van der Waals surface area contributed by atoms with Gasteiger partial charge < -0.3 is 14.6 Å². The van der Waals surface area contributed by atoms with Crippen molar-refractivity contribution in [2.24, 2.45) is 0 Å². The smallest absolute Gasteiger partial charge is 0.233 e. The van der Waals surface area contributed by atoms with Crippen LogP contribution in [0.15, 0.2) is 24.7 Å². The maximum Gasteiger partial charge on any atom is 0.233 e. The van der Waals surface area contributed by atoms with Crippen LogP contribution in [0.3, 0.4) is 0 Å². The minimum atomic E-state index is -0.0591. The van der Waals surface area contributed by atoms with Crippen LogP contribution in [-0.4, -0.2) is 33.9 Å². The highest BCUT2D eigenvalue weighted by Crippen LogP contribution is 2.18. The Labute approximate surface area is 106 Å². The molecule has 18 heavy (non-hydrogen) atoms. The molecule has 0 radical (unpaired) electrons. The number of ether oxygens (including phenoxy) is 1. The monoisotopic (exact) mass is 247 g/mol. The summed E-state index contributed by atoms with van der Waals surface area (Å²) in [6.45, 7) is 2.98. The van der Waals surface area contributed by atoms with E-state index < -0.39 is 0 Å². The van der Waals surface area contributed by atoms with Gasteiger partial charge >= 0.3 is 0 Å². The van der Waals surface area contributed by atoms with Gasteiger partial charge in [0.1, 0.15) is 0 Å². The molecule has 0 spiro atoms. The Kier molecular flexibility index (Phi) is 3.88. The summed E-state index contributed by atoms with van der Waals surface area (Å²) in [4.78, 5) is 4.38. The van der Waals surface area contributed by atoms with Gasteiger partial charge in [-0.05, 0) is 20.0 Å². The Morgan fingerprint density at radius 3 is 2.67 bits per heavy atom. The average Bonchev–Trinajstić information content (AvgIpc) is 2.89. The van der Waals surface area contributed by atoms with Crippen molar-refractivity contribution >= 4 is 0 Å². The molecule has 1 atom stereocenters. The van der Waals surface area contributed by atoms with Crippen LogP contribution in [-0.2, 0) is 6.54 Å². The van der Waals surface area contributed by atoms with E-state index in [-0.39, 0.29) is 6.04 Å². The first-order chi connectivity index (χ1) is 8.78. The van der Waals surface area contributed by atoms with E-state index in [0.29, 0.717) is 5.88 Å². The summed E-state index contributed by atoms with van der Waals surface area (Å²) in [5.41, 5.74) is 1.75. The molecule has 96 valence electrons. The lowest BCUT2D eigenvalue weighted by Crippen LogP contribution is -2.19. The van der Waals surface area contributed by atoms with Gasteiger partial charge in [-0.2, -0.15) is 0 Å². The molecule has 2 heterocycles. The first-order valence-electron chi connectivity index (χ1n) is 5.85. The van der Waals surface area contributed by atoms with E-state index in [1.165, 1.54) is 0 Å². The van der Waals surface area contributed by atoms with Gasteiger partial charge in [-0.1, -0.05) is 0 Å². The van der Waals surface area contributed by atoms with E-state index in [1.54, 1.807) is 13.2 Å². The summed E-state index contributed by atoms with van der Waals surface area (Å²) < 4.78 is 7.02. The SMILES string of the molecule is CCn1cnc(C(NC)c2ccc(OC)nn2)c1. The van der Waals surface area contributed by atoms with Gasteiger partial charge in [-0.3, -0.25) is 0 Å². The van der Waals surface area contributed by atoms with E-state index in [1.807, 2.05) is 30.2 Å². The molecule has 0 amide bonds. The molecule has 0 fully saturated rings. The summed E-state index contributed by atoms with van der Waals surface area (Å²) in [6, 6.07) is 3.62. The number of hydrogen-bond acceptors (Lipinski definition) is 5. The maximum atomic E-state index is 5.00. The molecule has 2 aromatic heterocycles. The Bertz CT molecular complexity index is 493. The van der Waals surface area contributed by atoms with Crippen LogP contribution >= 0.6 is 0 Å². The number of aryl methyl sites for hydroxylation is 1. The molecule has 1 unspecified atom stereocenters. The standard InChI is InChI=1S/C12H17N5O/c1-4-17-7-10(14-8-17)12(13-2)9-5-6-11(18-3)16-15-9/h5-8,12-13H,4H2,1-3H3. The second-order valence-corrected chi connectivity index (χ2v) is 3.85. The fourth-order valence-electron chi connectivity index (χ4n) is 1.74. The van der Waals surface area contributed by atoms with Crippen LogP contribution in [0.25, 0.3) is 0 Å². The van der Waals surface area contributed by atoms with Crippen molar-refractivity contribution in [1.82, 2.24) is 25.1 Å². The Morgan fingerprint density at radius 2 is 2.17 bits per heavy atom. The third kappa shape index (κ3) is 2.48. The van der Waals surface area contributed by atoms with Crippen molar-refractivity contribution in [2.75, 3.05) is 14.2 Å². The lowest BCUT2D eigenvalue weighted by molar-refractivity contribution is 0.390. The van der Waals surface area contributed by atoms with E-state index >= 15 is 0 Å². The van der Waals surface area contributed by atoms with E-state index in [2.05, 4.69) is 27.4 Å². The van der Waals surface area contributed by atoms with Crippen LogP contribution in [0, 0.1) is 0 Å². The van der Waals surface area contributed by atoms with Gasteiger partial charge in [-0.15, -0.1) is 10.2 Å². The first kappa shape index (κ1) is 12.5. The molecule has 0 aliphatic rings. The highest BCUT2D eigenvalue weighted by molar-refractivity contribution is 5.21. The molecule has 2 rings (SSSR count). The highest BCUT2D eigenvalue weighted by Gasteiger charge is 2.16. The normalized spacial score (nSPS) is 12.4. The van der Waals surface area contributed by atoms with Crippen molar-refractivity contribution in [2.45, 2.75) is 19.5 Å². The van der Waals surface area contributed by atoms with E-state index in [4.69, 9.17) is 4.74 Å². The molecule has 1 N–H and O–H groups in total. The Balaban J connectivity index is 2.26. The summed E-state index contributed by atoms with van der Waals surface area (Å²) in [5, 5.41) is 11.3. The second-order valence-electron chi connectivity index (χ2n) is 3.85. The third-order valence-corrected chi connectivity index (χ3v) is 2.77. The zero-order valence-electron chi connectivity index (χ0n) is 10.8.